The van der Waals surface area contributed by atoms with Gasteiger partial charge < -0.3 is 0 Å². The molecule has 21 heavy (non-hydrogen) atoms. The molecule has 4 heteroatoms. The van der Waals surface area contributed by atoms with Crippen LogP contribution in [0.25, 0.3) is 0 Å². The Kier molecular flexibility index (Phi) is 4.06. The molecule has 1 aromatic carbocycles. The lowest BCUT2D eigenvalue weighted by molar-refractivity contribution is -0.108. The molecule has 108 valence electrons. The van der Waals surface area contributed by atoms with Crippen molar-refractivity contribution >= 4 is 28.2 Å². The van der Waals surface area contributed by atoms with E-state index < -0.39 is 0 Å². The molecule has 1 saturated carbocycles. The van der Waals surface area contributed by atoms with Crippen LogP contribution >= 0.6 is 15.9 Å². The Balaban J connectivity index is 2.07. The standard InChI is InChI=1S/C17H17BrN2O/c18-15-8-9-16(19-12-15)20(13-21)17(10-4-5-11-17)14-6-2-1-3-7-14/h1-3,6-9,12-13H,4-5,10-11H2. The van der Waals surface area contributed by atoms with Gasteiger partial charge in [0.25, 0.3) is 0 Å². The summed E-state index contributed by atoms with van der Waals surface area (Å²) in [5, 5.41) is 0. The number of rotatable bonds is 4. The van der Waals surface area contributed by atoms with Crippen molar-refractivity contribution in [3.8, 4) is 0 Å². The van der Waals surface area contributed by atoms with E-state index in [0.29, 0.717) is 5.82 Å². The highest BCUT2D eigenvalue weighted by molar-refractivity contribution is 9.10. The molecule has 0 bridgehead atoms. The number of hydrogen-bond donors (Lipinski definition) is 0. The number of anilines is 1. The van der Waals surface area contributed by atoms with Crippen LogP contribution in [0.4, 0.5) is 5.82 Å². The van der Waals surface area contributed by atoms with Crippen molar-refractivity contribution in [2.45, 2.75) is 31.2 Å². The first-order valence-corrected chi connectivity index (χ1v) is 7.97. The molecule has 0 unspecified atom stereocenters. The van der Waals surface area contributed by atoms with Crippen LogP contribution in [-0.2, 0) is 10.3 Å². The zero-order valence-corrected chi connectivity index (χ0v) is 13.3. The number of halogens is 1. The summed E-state index contributed by atoms with van der Waals surface area (Å²) < 4.78 is 0.914. The Morgan fingerprint density at radius 3 is 2.38 bits per heavy atom. The van der Waals surface area contributed by atoms with Gasteiger partial charge in [-0.05, 0) is 46.5 Å². The Morgan fingerprint density at radius 2 is 1.81 bits per heavy atom. The molecule has 1 heterocycles. The van der Waals surface area contributed by atoms with Crippen molar-refractivity contribution in [3.05, 3.63) is 58.7 Å². The molecule has 1 aliphatic carbocycles. The highest BCUT2D eigenvalue weighted by Crippen LogP contribution is 2.44. The molecule has 1 aromatic heterocycles. The van der Waals surface area contributed by atoms with E-state index in [9.17, 15) is 4.79 Å². The quantitative estimate of drug-likeness (QED) is 0.775. The monoisotopic (exact) mass is 344 g/mol. The van der Waals surface area contributed by atoms with Crippen molar-refractivity contribution in [3.63, 3.8) is 0 Å². The summed E-state index contributed by atoms with van der Waals surface area (Å²) in [6, 6.07) is 14.1. The Labute approximate surface area is 133 Å². The van der Waals surface area contributed by atoms with Crippen LogP contribution < -0.4 is 4.90 Å². The fourth-order valence-electron chi connectivity index (χ4n) is 3.26. The highest BCUT2D eigenvalue weighted by Gasteiger charge is 2.41. The lowest BCUT2D eigenvalue weighted by Crippen LogP contribution is -2.44. The number of carbonyl (C=O) groups excluding carboxylic acids is 1. The topological polar surface area (TPSA) is 33.2 Å². The second-order valence-electron chi connectivity index (χ2n) is 5.41. The summed E-state index contributed by atoms with van der Waals surface area (Å²) in [6.45, 7) is 0. The SMILES string of the molecule is O=CN(c1ccc(Br)cn1)C1(c2ccccc2)CCCC1. The Bertz CT molecular complexity index is 606. The predicted molar refractivity (Wildman–Crippen MR) is 87.1 cm³/mol. The van der Waals surface area contributed by atoms with Crippen LogP contribution in [0.15, 0.2) is 53.1 Å². The first kappa shape index (κ1) is 14.3. The van der Waals surface area contributed by atoms with Gasteiger partial charge in [0.1, 0.15) is 5.82 Å². The number of hydrogen-bond acceptors (Lipinski definition) is 2. The molecule has 0 aliphatic heterocycles. The zero-order chi connectivity index (χ0) is 14.7. The summed E-state index contributed by atoms with van der Waals surface area (Å²) in [7, 11) is 0. The van der Waals surface area contributed by atoms with E-state index in [1.54, 1.807) is 6.20 Å². The summed E-state index contributed by atoms with van der Waals surface area (Å²) in [6.07, 6.45) is 6.89. The van der Waals surface area contributed by atoms with E-state index in [2.05, 4.69) is 33.0 Å². The van der Waals surface area contributed by atoms with Crippen LogP contribution in [0.1, 0.15) is 31.2 Å². The minimum absolute atomic E-state index is 0.260. The van der Waals surface area contributed by atoms with E-state index >= 15 is 0 Å². The Hall–Kier alpha value is -1.68. The molecule has 1 fully saturated rings. The van der Waals surface area contributed by atoms with Gasteiger partial charge in [0.2, 0.25) is 6.41 Å². The second kappa shape index (κ2) is 5.98. The molecule has 2 aromatic rings. The number of nitrogens with zero attached hydrogens (tertiary/aromatic N) is 2. The van der Waals surface area contributed by atoms with Crippen molar-refractivity contribution in [2.75, 3.05) is 4.90 Å². The van der Waals surface area contributed by atoms with Gasteiger partial charge in [-0.25, -0.2) is 4.98 Å². The number of pyridine rings is 1. The number of aromatic nitrogens is 1. The third kappa shape index (κ3) is 2.60. The van der Waals surface area contributed by atoms with Gasteiger partial charge in [-0.3, -0.25) is 9.69 Å². The van der Waals surface area contributed by atoms with Gasteiger partial charge in [0.05, 0.1) is 5.54 Å². The maximum absolute atomic E-state index is 11.8. The average Bonchev–Trinajstić information content (AvgIpc) is 3.01. The Morgan fingerprint density at radius 1 is 1.10 bits per heavy atom. The highest BCUT2D eigenvalue weighted by atomic mass is 79.9. The normalized spacial score (nSPS) is 16.6. The molecule has 0 atom stereocenters. The van der Waals surface area contributed by atoms with E-state index in [1.807, 2.05) is 35.2 Å². The van der Waals surface area contributed by atoms with Gasteiger partial charge in [-0.1, -0.05) is 43.2 Å². The van der Waals surface area contributed by atoms with E-state index in [4.69, 9.17) is 0 Å². The molecule has 1 amide bonds. The largest absolute Gasteiger partial charge is 0.289 e. The maximum Gasteiger partial charge on any atom is 0.216 e. The number of amides is 1. The van der Waals surface area contributed by atoms with Crippen molar-refractivity contribution in [2.24, 2.45) is 0 Å². The van der Waals surface area contributed by atoms with Crippen molar-refractivity contribution in [1.29, 1.82) is 0 Å². The summed E-state index contributed by atoms with van der Waals surface area (Å²) in [5.41, 5.74) is 0.934. The van der Waals surface area contributed by atoms with Crippen LogP contribution in [0.5, 0.6) is 0 Å². The molecule has 0 radical (unpaired) electrons. The van der Waals surface area contributed by atoms with E-state index in [0.717, 1.165) is 36.6 Å². The number of benzene rings is 1. The van der Waals surface area contributed by atoms with Crippen LogP contribution in [0.3, 0.4) is 0 Å². The maximum atomic E-state index is 11.8. The molecule has 1 aliphatic rings. The third-order valence-corrected chi connectivity index (χ3v) is 4.74. The predicted octanol–water partition coefficient (Wildman–Crippen LogP) is 4.28. The number of carbonyl (C=O) groups is 1. The van der Waals surface area contributed by atoms with Gasteiger partial charge in [-0.2, -0.15) is 0 Å². The molecule has 3 nitrogen and oxygen atoms in total. The van der Waals surface area contributed by atoms with E-state index in [-0.39, 0.29) is 5.54 Å². The van der Waals surface area contributed by atoms with Crippen LogP contribution in [0, 0.1) is 0 Å². The molecule has 0 spiro atoms. The first-order chi connectivity index (χ1) is 10.3. The van der Waals surface area contributed by atoms with Gasteiger partial charge in [0, 0.05) is 10.7 Å². The first-order valence-electron chi connectivity index (χ1n) is 7.18. The van der Waals surface area contributed by atoms with Crippen molar-refractivity contribution in [1.82, 2.24) is 4.98 Å². The molecular formula is C17H17BrN2O. The fourth-order valence-corrected chi connectivity index (χ4v) is 3.50. The average molecular weight is 345 g/mol. The zero-order valence-electron chi connectivity index (χ0n) is 11.7. The third-order valence-electron chi connectivity index (χ3n) is 4.27. The summed E-state index contributed by atoms with van der Waals surface area (Å²) in [4.78, 5) is 18.0. The molecule has 3 rings (SSSR count). The molecule has 0 saturated heterocycles. The van der Waals surface area contributed by atoms with E-state index in [1.165, 1.54) is 5.56 Å². The fraction of sp³-hybridized carbons (Fsp3) is 0.294. The second-order valence-corrected chi connectivity index (χ2v) is 6.33. The van der Waals surface area contributed by atoms with Crippen LogP contribution in [0.2, 0.25) is 0 Å². The minimum atomic E-state index is -0.260. The van der Waals surface area contributed by atoms with Crippen molar-refractivity contribution < 1.29 is 4.79 Å². The minimum Gasteiger partial charge on any atom is -0.289 e. The lowest BCUT2D eigenvalue weighted by Gasteiger charge is -2.38. The van der Waals surface area contributed by atoms with Gasteiger partial charge in [-0.15, -0.1) is 0 Å². The molecule has 0 N–H and O–H groups in total. The van der Waals surface area contributed by atoms with Crippen LogP contribution in [-0.4, -0.2) is 11.4 Å². The smallest absolute Gasteiger partial charge is 0.216 e. The summed E-state index contributed by atoms with van der Waals surface area (Å²) >= 11 is 3.39. The summed E-state index contributed by atoms with van der Waals surface area (Å²) in [5.74, 6) is 0.707. The van der Waals surface area contributed by atoms with Gasteiger partial charge in [0.15, 0.2) is 0 Å². The lowest BCUT2D eigenvalue weighted by atomic mass is 9.86. The molecular weight excluding hydrogens is 328 g/mol. The van der Waals surface area contributed by atoms with Gasteiger partial charge >= 0.3 is 0 Å².